The van der Waals surface area contributed by atoms with Crippen LogP contribution in [0.1, 0.15) is 22.3 Å². The quantitative estimate of drug-likeness (QED) is 0.308. The van der Waals surface area contributed by atoms with Crippen LogP contribution < -0.4 is 10.6 Å². The van der Waals surface area contributed by atoms with Gasteiger partial charge in [-0.1, -0.05) is 48.5 Å². The molecule has 2 aromatic carbocycles. The first-order chi connectivity index (χ1) is 14.6. The van der Waals surface area contributed by atoms with Crippen LogP contribution in [0.2, 0.25) is 0 Å². The Balaban J connectivity index is 0.00000341. The largest absolute Gasteiger partial charge is 0.379 e. The van der Waals surface area contributed by atoms with E-state index >= 15 is 0 Å². The molecule has 1 fully saturated rings. The summed E-state index contributed by atoms with van der Waals surface area (Å²) in [7, 11) is 5.99. The molecule has 1 heterocycles. The van der Waals surface area contributed by atoms with Crippen molar-refractivity contribution < 1.29 is 4.74 Å². The van der Waals surface area contributed by atoms with E-state index in [9.17, 15) is 0 Å². The Bertz CT molecular complexity index is 804. The predicted molar refractivity (Wildman–Crippen MR) is 139 cm³/mol. The van der Waals surface area contributed by atoms with Gasteiger partial charge in [0.05, 0.1) is 13.2 Å². The van der Waals surface area contributed by atoms with E-state index in [1.165, 1.54) is 22.3 Å². The summed E-state index contributed by atoms with van der Waals surface area (Å²) < 4.78 is 5.47. The number of nitrogens with one attached hydrogen (secondary N) is 2. The lowest BCUT2D eigenvalue weighted by Gasteiger charge is -2.27. The van der Waals surface area contributed by atoms with Crippen molar-refractivity contribution >= 4 is 29.9 Å². The highest BCUT2D eigenvalue weighted by atomic mass is 127. The number of nitrogens with zero attached hydrogens (tertiary/aromatic N) is 3. The molecule has 0 saturated carbocycles. The number of ether oxygens (including phenoxy) is 1. The Morgan fingerprint density at radius 3 is 2.19 bits per heavy atom. The van der Waals surface area contributed by atoms with Gasteiger partial charge in [0.1, 0.15) is 0 Å². The minimum Gasteiger partial charge on any atom is -0.379 e. The third kappa shape index (κ3) is 8.76. The van der Waals surface area contributed by atoms with E-state index < -0.39 is 0 Å². The number of aliphatic imine (C=N–C) groups is 1. The number of hydrogen-bond acceptors (Lipinski definition) is 4. The Morgan fingerprint density at radius 1 is 0.935 bits per heavy atom. The van der Waals surface area contributed by atoms with Crippen molar-refractivity contribution in [1.29, 1.82) is 0 Å². The highest BCUT2D eigenvalue weighted by molar-refractivity contribution is 14.0. The number of halogens is 1. The van der Waals surface area contributed by atoms with E-state index in [2.05, 4.69) is 88.1 Å². The zero-order valence-corrected chi connectivity index (χ0v) is 21.3. The summed E-state index contributed by atoms with van der Waals surface area (Å²) in [4.78, 5) is 9.01. The first-order valence-corrected chi connectivity index (χ1v) is 10.7. The first-order valence-electron chi connectivity index (χ1n) is 10.7. The fraction of sp³-hybridized carbons (Fsp3) is 0.458. The highest BCUT2D eigenvalue weighted by Gasteiger charge is 2.12. The van der Waals surface area contributed by atoms with Crippen LogP contribution in [0.5, 0.6) is 0 Å². The number of benzene rings is 2. The molecule has 3 rings (SSSR count). The van der Waals surface area contributed by atoms with Gasteiger partial charge in [0.15, 0.2) is 5.96 Å². The van der Waals surface area contributed by atoms with Crippen LogP contribution in [0.25, 0.3) is 0 Å². The maximum atomic E-state index is 5.47. The molecule has 2 aromatic rings. The Labute approximate surface area is 204 Å². The Kier molecular flexibility index (Phi) is 11.3. The van der Waals surface area contributed by atoms with Gasteiger partial charge in [-0.3, -0.25) is 9.89 Å². The summed E-state index contributed by atoms with van der Waals surface area (Å²) >= 11 is 0. The molecule has 0 aromatic heterocycles. The van der Waals surface area contributed by atoms with Gasteiger partial charge in [-0.25, -0.2) is 0 Å². The van der Waals surface area contributed by atoms with Gasteiger partial charge in [0, 0.05) is 46.3 Å². The molecular weight excluding hydrogens is 501 g/mol. The summed E-state index contributed by atoms with van der Waals surface area (Å²) in [5.41, 5.74) is 5.23. The van der Waals surface area contributed by atoms with Crippen LogP contribution in [-0.4, -0.2) is 63.2 Å². The molecule has 0 spiro atoms. The van der Waals surface area contributed by atoms with Gasteiger partial charge in [-0.2, -0.15) is 0 Å². The molecule has 0 unspecified atom stereocenters. The van der Waals surface area contributed by atoms with Gasteiger partial charge >= 0.3 is 0 Å². The van der Waals surface area contributed by atoms with Crippen molar-refractivity contribution in [2.75, 3.05) is 47.4 Å². The summed E-state index contributed by atoms with van der Waals surface area (Å²) in [6.45, 7) is 7.07. The number of rotatable bonds is 8. The van der Waals surface area contributed by atoms with Gasteiger partial charge in [-0.15, -0.1) is 24.0 Å². The molecule has 1 aliphatic heterocycles. The molecule has 170 valence electrons. The standard InChI is InChI=1S/C24H35N5O.HI/c1-25-24(26-16-20-8-10-21(11-9-20)18-28(2)3)27-17-22-6-4-5-7-23(22)19-29-12-14-30-15-13-29;/h4-11H,12-19H2,1-3H3,(H2,25,26,27);1H. The minimum absolute atomic E-state index is 0. The van der Waals surface area contributed by atoms with Crippen molar-refractivity contribution in [1.82, 2.24) is 20.4 Å². The van der Waals surface area contributed by atoms with E-state index in [1.54, 1.807) is 0 Å². The number of hydrogen-bond donors (Lipinski definition) is 2. The lowest BCUT2D eigenvalue weighted by atomic mass is 10.1. The zero-order valence-electron chi connectivity index (χ0n) is 18.9. The molecular formula is C24H36IN5O. The summed E-state index contributed by atoms with van der Waals surface area (Å²) in [6, 6.07) is 17.4. The van der Waals surface area contributed by atoms with Gasteiger partial charge in [-0.05, 0) is 36.3 Å². The lowest BCUT2D eigenvalue weighted by molar-refractivity contribution is 0.0341. The third-order valence-electron chi connectivity index (χ3n) is 5.27. The van der Waals surface area contributed by atoms with Crippen LogP contribution in [0, 0.1) is 0 Å². The molecule has 31 heavy (non-hydrogen) atoms. The van der Waals surface area contributed by atoms with Crippen molar-refractivity contribution in [2.45, 2.75) is 26.2 Å². The molecule has 0 amide bonds. The average Bonchev–Trinajstić information content (AvgIpc) is 2.76. The summed E-state index contributed by atoms with van der Waals surface area (Å²) in [5.74, 6) is 0.813. The van der Waals surface area contributed by atoms with Crippen molar-refractivity contribution in [3.63, 3.8) is 0 Å². The van der Waals surface area contributed by atoms with E-state index in [0.29, 0.717) is 0 Å². The van der Waals surface area contributed by atoms with Crippen LogP contribution >= 0.6 is 24.0 Å². The number of morpholine rings is 1. The molecule has 0 bridgehead atoms. The molecule has 1 aliphatic rings. The van der Waals surface area contributed by atoms with Gasteiger partial charge in [0.2, 0.25) is 0 Å². The molecule has 6 nitrogen and oxygen atoms in total. The van der Waals surface area contributed by atoms with Crippen molar-refractivity contribution in [3.8, 4) is 0 Å². The second-order valence-corrected chi connectivity index (χ2v) is 7.99. The minimum atomic E-state index is 0. The summed E-state index contributed by atoms with van der Waals surface area (Å²) in [6.07, 6.45) is 0. The molecule has 0 atom stereocenters. The second kappa shape index (κ2) is 13.7. The number of guanidine groups is 1. The average molecular weight is 537 g/mol. The Hall–Kier alpha value is -1.68. The fourth-order valence-corrected chi connectivity index (χ4v) is 3.60. The third-order valence-corrected chi connectivity index (χ3v) is 5.27. The topological polar surface area (TPSA) is 52.1 Å². The smallest absolute Gasteiger partial charge is 0.191 e. The van der Waals surface area contributed by atoms with Gasteiger partial charge in [0.25, 0.3) is 0 Å². The predicted octanol–water partition coefficient (Wildman–Crippen LogP) is 3.06. The first kappa shape index (κ1) is 25.6. The lowest BCUT2D eigenvalue weighted by Crippen LogP contribution is -2.37. The monoisotopic (exact) mass is 537 g/mol. The van der Waals surface area contributed by atoms with Crippen LogP contribution in [0.4, 0.5) is 0 Å². The van der Waals surface area contributed by atoms with Crippen LogP contribution in [-0.2, 0) is 30.9 Å². The van der Waals surface area contributed by atoms with Gasteiger partial charge < -0.3 is 20.3 Å². The van der Waals surface area contributed by atoms with E-state index in [-0.39, 0.29) is 24.0 Å². The molecule has 0 aliphatic carbocycles. The van der Waals surface area contributed by atoms with E-state index in [4.69, 9.17) is 4.74 Å². The SMILES string of the molecule is CN=C(NCc1ccc(CN(C)C)cc1)NCc1ccccc1CN1CCOCC1.I. The fourth-order valence-electron chi connectivity index (χ4n) is 3.60. The maximum Gasteiger partial charge on any atom is 0.191 e. The molecule has 7 heteroatoms. The van der Waals surface area contributed by atoms with Crippen LogP contribution in [0.3, 0.4) is 0 Å². The summed E-state index contributed by atoms with van der Waals surface area (Å²) in [5, 5.41) is 6.88. The van der Waals surface area contributed by atoms with E-state index in [1.807, 2.05) is 7.05 Å². The Morgan fingerprint density at radius 2 is 1.55 bits per heavy atom. The molecule has 0 radical (unpaired) electrons. The van der Waals surface area contributed by atoms with E-state index in [0.717, 1.165) is 58.4 Å². The normalized spacial score (nSPS) is 14.9. The highest BCUT2D eigenvalue weighted by Crippen LogP contribution is 2.13. The maximum absolute atomic E-state index is 5.47. The van der Waals surface area contributed by atoms with Crippen molar-refractivity contribution in [2.24, 2.45) is 4.99 Å². The van der Waals surface area contributed by atoms with Crippen LogP contribution in [0.15, 0.2) is 53.5 Å². The molecule has 1 saturated heterocycles. The second-order valence-electron chi connectivity index (χ2n) is 7.99. The zero-order chi connectivity index (χ0) is 21.2. The molecule has 2 N–H and O–H groups in total. The van der Waals surface area contributed by atoms with Crippen molar-refractivity contribution in [3.05, 3.63) is 70.8 Å².